The Labute approximate surface area is 158 Å². The average Bonchev–Trinajstić information content (AvgIpc) is 2.66. The summed E-state index contributed by atoms with van der Waals surface area (Å²) in [6.07, 6.45) is 0.914. The van der Waals surface area contributed by atoms with Crippen molar-refractivity contribution in [2.45, 2.75) is 39.3 Å². The summed E-state index contributed by atoms with van der Waals surface area (Å²) in [4.78, 5) is 26.4. The van der Waals surface area contributed by atoms with Crippen LogP contribution in [0.4, 0.5) is 8.78 Å². The van der Waals surface area contributed by atoms with Crippen molar-refractivity contribution < 1.29 is 18.4 Å². The summed E-state index contributed by atoms with van der Waals surface area (Å²) in [6.45, 7) is 4.56. The summed E-state index contributed by atoms with van der Waals surface area (Å²) in [5.74, 6) is -2.43. The molecule has 0 aliphatic rings. The fourth-order valence-corrected chi connectivity index (χ4v) is 2.69. The molecular weight excluding hydrogens is 350 g/mol. The van der Waals surface area contributed by atoms with Crippen molar-refractivity contribution in [1.29, 1.82) is 0 Å². The molecule has 1 unspecified atom stereocenters. The van der Waals surface area contributed by atoms with E-state index in [-0.39, 0.29) is 30.5 Å². The van der Waals surface area contributed by atoms with Crippen LogP contribution in [0.5, 0.6) is 0 Å². The molecule has 27 heavy (non-hydrogen) atoms. The lowest BCUT2D eigenvalue weighted by molar-refractivity contribution is -0.133. The maximum absolute atomic E-state index is 13.6. The molecule has 144 valence electrons. The van der Waals surface area contributed by atoms with E-state index in [0.29, 0.717) is 12.6 Å². The summed E-state index contributed by atoms with van der Waals surface area (Å²) in [5.41, 5.74) is 0.787. The fourth-order valence-electron chi connectivity index (χ4n) is 2.69. The molecule has 1 atom stereocenters. The maximum atomic E-state index is 13.6. The maximum Gasteiger partial charge on any atom is 0.254 e. The van der Waals surface area contributed by atoms with Gasteiger partial charge in [-0.25, -0.2) is 8.78 Å². The van der Waals surface area contributed by atoms with Crippen LogP contribution in [0.1, 0.15) is 42.6 Å². The van der Waals surface area contributed by atoms with E-state index in [1.165, 1.54) is 0 Å². The number of hydrogen-bond donors (Lipinski definition) is 1. The number of amides is 2. The van der Waals surface area contributed by atoms with Gasteiger partial charge in [0.25, 0.3) is 5.91 Å². The molecule has 0 fully saturated rings. The minimum Gasteiger partial charge on any atom is -0.351 e. The van der Waals surface area contributed by atoms with Gasteiger partial charge in [-0.15, -0.1) is 0 Å². The molecule has 0 saturated carbocycles. The van der Waals surface area contributed by atoms with Crippen LogP contribution in [-0.4, -0.2) is 29.3 Å². The van der Waals surface area contributed by atoms with Gasteiger partial charge in [0.05, 0.1) is 5.56 Å². The lowest BCUT2D eigenvalue weighted by Gasteiger charge is -2.29. The van der Waals surface area contributed by atoms with E-state index in [1.807, 2.05) is 44.2 Å². The van der Waals surface area contributed by atoms with Crippen molar-refractivity contribution in [3.8, 4) is 0 Å². The lowest BCUT2D eigenvalue weighted by atomic mass is 10.1. The largest absolute Gasteiger partial charge is 0.351 e. The summed E-state index contributed by atoms with van der Waals surface area (Å²) in [7, 11) is 0. The first-order valence-corrected chi connectivity index (χ1v) is 8.99. The summed E-state index contributed by atoms with van der Waals surface area (Å²) in [5, 5.41) is 2.52. The van der Waals surface area contributed by atoms with Crippen molar-refractivity contribution in [2.24, 2.45) is 0 Å². The highest BCUT2D eigenvalue weighted by atomic mass is 19.1. The molecule has 0 bridgehead atoms. The highest BCUT2D eigenvalue weighted by Crippen LogP contribution is 2.13. The normalized spacial score (nSPS) is 11.7. The minimum atomic E-state index is -0.927. The van der Waals surface area contributed by atoms with Crippen LogP contribution in [0.2, 0.25) is 0 Å². The fraction of sp³-hybridized carbons (Fsp3) is 0.333. The van der Waals surface area contributed by atoms with Gasteiger partial charge in [-0.3, -0.25) is 9.59 Å². The van der Waals surface area contributed by atoms with Crippen molar-refractivity contribution in [1.82, 2.24) is 10.2 Å². The Morgan fingerprint density at radius 2 is 1.81 bits per heavy atom. The number of hydrogen-bond acceptors (Lipinski definition) is 2. The van der Waals surface area contributed by atoms with Crippen molar-refractivity contribution in [3.05, 3.63) is 71.3 Å². The molecule has 2 rings (SSSR count). The molecule has 0 spiro atoms. The van der Waals surface area contributed by atoms with Gasteiger partial charge in [0.2, 0.25) is 5.91 Å². The number of benzene rings is 2. The zero-order valence-electron chi connectivity index (χ0n) is 15.5. The first-order valence-electron chi connectivity index (χ1n) is 8.99. The Morgan fingerprint density at radius 1 is 1.11 bits per heavy atom. The molecule has 0 aliphatic carbocycles. The van der Waals surface area contributed by atoms with Gasteiger partial charge in [0.15, 0.2) is 0 Å². The van der Waals surface area contributed by atoms with Crippen LogP contribution in [0.3, 0.4) is 0 Å². The Bertz CT molecular complexity index is 781. The number of carbonyl (C=O) groups is 2. The summed E-state index contributed by atoms with van der Waals surface area (Å²) >= 11 is 0. The Balaban J connectivity index is 1.93. The predicted octanol–water partition coefficient (Wildman–Crippen LogP) is 3.91. The monoisotopic (exact) mass is 374 g/mol. The van der Waals surface area contributed by atoms with Crippen LogP contribution < -0.4 is 5.32 Å². The van der Waals surface area contributed by atoms with Crippen LogP contribution in [0, 0.1) is 11.6 Å². The van der Waals surface area contributed by atoms with E-state index in [1.54, 1.807) is 4.90 Å². The third kappa shape index (κ3) is 5.88. The van der Waals surface area contributed by atoms with E-state index in [2.05, 4.69) is 5.32 Å². The van der Waals surface area contributed by atoms with E-state index in [0.717, 1.165) is 24.1 Å². The molecule has 1 N–H and O–H groups in total. The van der Waals surface area contributed by atoms with Crippen molar-refractivity contribution >= 4 is 11.8 Å². The van der Waals surface area contributed by atoms with E-state index < -0.39 is 17.5 Å². The lowest BCUT2D eigenvalue weighted by Crippen LogP contribution is -2.39. The molecule has 6 heteroatoms. The van der Waals surface area contributed by atoms with E-state index in [9.17, 15) is 18.4 Å². The van der Waals surface area contributed by atoms with Crippen LogP contribution in [0.25, 0.3) is 0 Å². The number of rotatable bonds is 8. The quantitative estimate of drug-likeness (QED) is 0.762. The van der Waals surface area contributed by atoms with Crippen LogP contribution in [-0.2, 0) is 11.3 Å². The van der Waals surface area contributed by atoms with Crippen LogP contribution >= 0.6 is 0 Å². The molecule has 0 aromatic heterocycles. The SMILES string of the molecule is CCC(C)N(Cc1ccccc1)C(=O)CCNC(=O)c1ccc(F)cc1F. The molecule has 0 radical (unpaired) electrons. The zero-order valence-corrected chi connectivity index (χ0v) is 15.5. The molecule has 2 aromatic rings. The second kappa shape index (κ2) is 9.80. The Morgan fingerprint density at radius 3 is 2.44 bits per heavy atom. The number of carbonyl (C=O) groups excluding carboxylic acids is 2. The van der Waals surface area contributed by atoms with Gasteiger partial charge in [-0.05, 0) is 31.0 Å². The van der Waals surface area contributed by atoms with Crippen molar-refractivity contribution in [2.75, 3.05) is 6.54 Å². The standard InChI is InChI=1S/C21H24F2N2O2/c1-3-15(2)25(14-16-7-5-4-6-8-16)20(26)11-12-24-21(27)18-10-9-17(22)13-19(18)23/h4-10,13,15H,3,11-12,14H2,1-2H3,(H,24,27). The van der Waals surface area contributed by atoms with Gasteiger partial charge in [-0.2, -0.15) is 0 Å². The molecule has 0 heterocycles. The van der Waals surface area contributed by atoms with Gasteiger partial charge in [0, 0.05) is 31.6 Å². The first-order chi connectivity index (χ1) is 12.9. The second-order valence-electron chi connectivity index (χ2n) is 6.39. The predicted molar refractivity (Wildman–Crippen MR) is 100 cm³/mol. The zero-order chi connectivity index (χ0) is 19.8. The molecular formula is C21H24F2N2O2. The summed E-state index contributed by atoms with van der Waals surface area (Å²) in [6, 6.07) is 12.5. The molecule has 0 saturated heterocycles. The third-order valence-corrected chi connectivity index (χ3v) is 4.44. The smallest absolute Gasteiger partial charge is 0.254 e. The second-order valence-corrected chi connectivity index (χ2v) is 6.39. The van der Waals surface area contributed by atoms with Crippen molar-refractivity contribution in [3.63, 3.8) is 0 Å². The number of nitrogens with zero attached hydrogens (tertiary/aromatic N) is 1. The molecule has 0 aliphatic heterocycles. The third-order valence-electron chi connectivity index (χ3n) is 4.44. The topological polar surface area (TPSA) is 49.4 Å². The van der Waals surface area contributed by atoms with Gasteiger partial charge >= 0.3 is 0 Å². The van der Waals surface area contributed by atoms with E-state index >= 15 is 0 Å². The average molecular weight is 374 g/mol. The summed E-state index contributed by atoms with van der Waals surface area (Å²) < 4.78 is 26.6. The Hall–Kier alpha value is -2.76. The number of nitrogens with one attached hydrogen (secondary N) is 1. The Kier molecular flexibility index (Phi) is 7.46. The minimum absolute atomic E-state index is 0.0583. The molecule has 4 nitrogen and oxygen atoms in total. The van der Waals surface area contributed by atoms with Gasteiger partial charge in [-0.1, -0.05) is 37.3 Å². The highest BCUT2D eigenvalue weighted by Gasteiger charge is 2.19. The van der Waals surface area contributed by atoms with Gasteiger partial charge < -0.3 is 10.2 Å². The highest BCUT2D eigenvalue weighted by molar-refractivity contribution is 5.94. The molecule has 2 amide bonds. The number of halogens is 2. The van der Waals surface area contributed by atoms with Crippen LogP contribution in [0.15, 0.2) is 48.5 Å². The first kappa shape index (κ1) is 20.6. The molecule has 2 aromatic carbocycles. The van der Waals surface area contributed by atoms with Gasteiger partial charge in [0.1, 0.15) is 11.6 Å². The van der Waals surface area contributed by atoms with E-state index in [4.69, 9.17) is 0 Å².